The van der Waals surface area contributed by atoms with Gasteiger partial charge in [0.05, 0.1) is 0 Å². The van der Waals surface area contributed by atoms with Gasteiger partial charge in [-0.3, -0.25) is 0 Å². The van der Waals surface area contributed by atoms with Gasteiger partial charge in [-0.05, 0) is 8.07 Å². The van der Waals surface area contributed by atoms with Gasteiger partial charge < -0.3 is 4.00 Å². The van der Waals surface area contributed by atoms with Crippen molar-refractivity contribution in [3.05, 3.63) is 48.6 Å². The molecule has 0 unspecified atom stereocenters. The van der Waals surface area contributed by atoms with Crippen LogP contribution in [0.5, 0.6) is 0 Å². The normalized spacial score (nSPS) is 20.2. The molecular weight excluding hydrogens is 293 g/mol. The van der Waals surface area contributed by atoms with Crippen molar-refractivity contribution in [2.45, 2.75) is 50.6 Å². The molecule has 110 valence electrons. The number of nitrogens with zero attached hydrogens (tertiary/aromatic N) is 1. The van der Waals surface area contributed by atoms with Crippen molar-refractivity contribution in [3.8, 4) is 0 Å². The predicted molar refractivity (Wildman–Crippen MR) is 99.6 cm³/mol. The van der Waals surface area contributed by atoms with Crippen LogP contribution in [0.25, 0.3) is 0 Å². The van der Waals surface area contributed by atoms with Crippen LogP contribution in [-0.4, -0.2) is 31.8 Å². The molecule has 0 aromatic rings. The smallest absolute Gasteiger partial charge is 0.116 e. The van der Waals surface area contributed by atoms with E-state index in [1.807, 2.05) is 0 Å². The zero-order chi connectivity index (χ0) is 15.0. The van der Waals surface area contributed by atoms with Crippen LogP contribution in [0.3, 0.4) is 0 Å². The van der Waals surface area contributed by atoms with Crippen molar-refractivity contribution in [1.82, 2.24) is 4.00 Å². The third kappa shape index (κ3) is 3.51. The van der Waals surface area contributed by atoms with Gasteiger partial charge in [0, 0.05) is 11.3 Å². The molecule has 0 spiro atoms. The van der Waals surface area contributed by atoms with Crippen molar-refractivity contribution in [1.29, 1.82) is 0 Å². The minimum absolute atomic E-state index is 0.193. The van der Waals surface area contributed by atoms with E-state index in [1.54, 1.807) is 0 Å². The van der Waals surface area contributed by atoms with Gasteiger partial charge in [-0.2, -0.15) is 0 Å². The van der Waals surface area contributed by atoms with Gasteiger partial charge in [0.2, 0.25) is 0 Å². The Morgan fingerprint density at radius 3 is 1.20 bits per heavy atom. The first-order chi connectivity index (χ1) is 9.21. The lowest BCUT2D eigenvalue weighted by molar-refractivity contribution is 0.941. The molecule has 0 amide bonds. The molecule has 0 heterocycles. The van der Waals surface area contributed by atoms with E-state index >= 15 is 0 Å². The van der Waals surface area contributed by atoms with Crippen molar-refractivity contribution in [2.75, 3.05) is 0 Å². The van der Waals surface area contributed by atoms with E-state index in [0.717, 1.165) is 0 Å². The fourth-order valence-electron chi connectivity index (χ4n) is 3.36. The Labute approximate surface area is 128 Å². The molecule has 20 heavy (non-hydrogen) atoms. The van der Waals surface area contributed by atoms with Crippen molar-refractivity contribution >= 4 is 24.5 Å². The lowest BCUT2D eigenvalue weighted by Gasteiger charge is -2.51. The first-order valence-corrected chi connectivity index (χ1v) is 15.8. The monoisotopic (exact) mass is 321 g/mol. The highest BCUT2D eigenvalue weighted by Crippen LogP contribution is 2.58. The number of rotatable bonds is 5. The second kappa shape index (κ2) is 5.88. The van der Waals surface area contributed by atoms with E-state index < -0.39 is 16.5 Å². The third-order valence-corrected chi connectivity index (χ3v) is 17.5. The van der Waals surface area contributed by atoms with E-state index in [9.17, 15) is 0 Å². The van der Waals surface area contributed by atoms with E-state index in [1.165, 1.54) is 0 Å². The van der Waals surface area contributed by atoms with Gasteiger partial charge in [-0.1, -0.05) is 87.9 Å². The van der Waals surface area contributed by atoms with Crippen molar-refractivity contribution < 1.29 is 0 Å². The molecule has 0 saturated carbocycles. The molecular formula is C16H28NPSi2. The van der Waals surface area contributed by atoms with Crippen LogP contribution in [0.2, 0.25) is 39.3 Å². The Morgan fingerprint density at radius 1 is 0.650 bits per heavy atom. The maximum atomic E-state index is 3.03. The molecule has 0 N–H and O–H groups in total. The summed E-state index contributed by atoms with van der Waals surface area (Å²) in [6.45, 7) is 15.1. The Morgan fingerprint density at radius 2 is 0.950 bits per heavy atom. The van der Waals surface area contributed by atoms with Crippen LogP contribution in [0.4, 0.5) is 0 Å². The van der Waals surface area contributed by atoms with Crippen molar-refractivity contribution in [3.63, 3.8) is 0 Å². The Hall–Kier alpha value is -0.216. The summed E-state index contributed by atoms with van der Waals surface area (Å²) in [5, 5.41) is 0. The minimum atomic E-state index is -1.33. The molecule has 0 atom stereocenters. The highest BCUT2D eigenvalue weighted by atomic mass is 31.1. The van der Waals surface area contributed by atoms with E-state index in [-0.39, 0.29) is 8.07 Å². The summed E-state index contributed by atoms with van der Waals surface area (Å²) in [5.41, 5.74) is 1.25. The summed E-state index contributed by atoms with van der Waals surface area (Å²) < 4.78 is 3.03. The molecule has 2 aliphatic carbocycles. The summed E-state index contributed by atoms with van der Waals surface area (Å²) in [6, 6.07) is 0. The maximum absolute atomic E-state index is 3.03. The molecule has 0 radical (unpaired) electrons. The van der Waals surface area contributed by atoms with E-state index in [0.29, 0.717) is 11.3 Å². The Kier molecular flexibility index (Phi) is 4.75. The summed E-state index contributed by atoms with van der Waals surface area (Å²) in [4.78, 5) is 0. The van der Waals surface area contributed by atoms with Gasteiger partial charge in [-0.15, -0.1) is 0 Å². The van der Waals surface area contributed by atoms with Gasteiger partial charge >= 0.3 is 0 Å². The zero-order valence-electron chi connectivity index (χ0n) is 13.7. The second-order valence-corrected chi connectivity index (χ2v) is 20.7. The molecule has 1 nitrogen and oxygen atoms in total. The molecule has 4 heteroatoms. The number of hydrogen-bond acceptors (Lipinski definition) is 1. The van der Waals surface area contributed by atoms with Crippen LogP contribution in [-0.2, 0) is 0 Å². The second-order valence-electron chi connectivity index (χ2n) is 7.55. The average Bonchev–Trinajstić information content (AvgIpc) is 2.95. The maximum Gasteiger partial charge on any atom is 0.116 e. The van der Waals surface area contributed by atoms with Gasteiger partial charge in [-0.25, -0.2) is 0 Å². The number of allylic oxidation sites excluding steroid dienone is 8. The van der Waals surface area contributed by atoms with Gasteiger partial charge in [0.15, 0.2) is 0 Å². The summed E-state index contributed by atoms with van der Waals surface area (Å²) in [5.74, 6) is 0. The molecule has 0 aromatic heterocycles. The molecule has 0 fully saturated rings. The SMILES string of the molecule is C[Si](C)(C)N(P(C1C=CC=C1)C1C=CC=C1)[Si](C)(C)C. The van der Waals surface area contributed by atoms with Crippen LogP contribution in [0, 0.1) is 0 Å². The van der Waals surface area contributed by atoms with Crippen LogP contribution in [0.1, 0.15) is 0 Å². The largest absolute Gasteiger partial charge is 0.323 e. The quantitative estimate of drug-likeness (QED) is 0.488. The Bertz CT molecular complexity index is 400. The summed E-state index contributed by atoms with van der Waals surface area (Å²) in [6.07, 6.45) is 18.6. The lowest BCUT2D eigenvalue weighted by Crippen LogP contribution is -2.57. The van der Waals surface area contributed by atoms with Crippen molar-refractivity contribution in [2.24, 2.45) is 0 Å². The fourth-order valence-corrected chi connectivity index (χ4v) is 20.6. The topological polar surface area (TPSA) is 3.24 Å². The van der Waals surface area contributed by atoms with Crippen LogP contribution >= 0.6 is 8.07 Å². The molecule has 0 saturated heterocycles. The first kappa shape index (κ1) is 16.2. The fraction of sp³-hybridized carbons (Fsp3) is 0.500. The van der Waals surface area contributed by atoms with Crippen LogP contribution < -0.4 is 0 Å². The summed E-state index contributed by atoms with van der Waals surface area (Å²) >= 11 is 0. The molecule has 2 rings (SSSR count). The molecule has 2 aliphatic rings. The van der Waals surface area contributed by atoms with Gasteiger partial charge in [0.25, 0.3) is 0 Å². The predicted octanol–water partition coefficient (Wildman–Crippen LogP) is 5.34. The molecule has 0 bridgehead atoms. The highest BCUT2D eigenvalue weighted by molar-refractivity contribution is 7.62. The average molecular weight is 322 g/mol. The van der Waals surface area contributed by atoms with Gasteiger partial charge in [0.1, 0.15) is 16.5 Å². The lowest BCUT2D eigenvalue weighted by atomic mass is 10.4. The standard InChI is InChI=1S/C16H28NPSi2/c1-19(2,3)17(20(4,5)6)18(15-11-7-8-12-15)16-13-9-10-14-16/h7-16H,1-6H3. The third-order valence-electron chi connectivity index (χ3n) is 3.57. The number of hydrogen-bond donors (Lipinski definition) is 0. The highest BCUT2D eigenvalue weighted by Gasteiger charge is 2.43. The van der Waals surface area contributed by atoms with E-state index in [4.69, 9.17) is 0 Å². The molecule has 0 aromatic carbocycles. The zero-order valence-corrected chi connectivity index (χ0v) is 16.6. The minimum Gasteiger partial charge on any atom is -0.323 e. The Balaban J connectivity index is 2.42. The molecule has 0 aliphatic heterocycles. The first-order valence-electron chi connectivity index (χ1n) is 7.50. The summed E-state index contributed by atoms with van der Waals surface area (Å²) in [7, 11) is -2.86. The van der Waals surface area contributed by atoms with Crippen LogP contribution in [0.15, 0.2) is 48.6 Å². The van der Waals surface area contributed by atoms with E-state index in [2.05, 4.69) is 91.9 Å².